The van der Waals surface area contributed by atoms with Gasteiger partial charge in [0.25, 0.3) is 15.9 Å². The molecule has 3 aromatic rings. The van der Waals surface area contributed by atoms with E-state index in [0.29, 0.717) is 0 Å². The molecule has 0 spiro atoms. The normalized spacial score (nSPS) is 14.7. The molecule has 10 heteroatoms. The third kappa shape index (κ3) is 6.57. The molecule has 1 atom stereocenters. The van der Waals surface area contributed by atoms with Crippen molar-refractivity contribution in [1.29, 1.82) is 0 Å². The van der Waals surface area contributed by atoms with E-state index in [0.717, 1.165) is 19.9 Å². The van der Waals surface area contributed by atoms with Crippen LogP contribution in [0.1, 0.15) is 41.8 Å². The van der Waals surface area contributed by atoms with Crippen LogP contribution in [0.5, 0.6) is 0 Å². The van der Waals surface area contributed by atoms with E-state index < -0.39 is 27.9 Å². The molecule has 1 aliphatic heterocycles. The molecule has 4 rings (SSSR count). The molecule has 1 N–H and O–H groups in total. The fraction of sp³-hybridized carbons (Fsp3) is 0.276. The first-order chi connectivity index (χ1) is 18.6. The van der Waals surface area contributed by atoms with Gasteiger partial charge in [0.05, 0.1) is 5.56 Å². The zero-order valence-corrected chi connectivity index (χ0v) is 24.1. The minimum Gasteiger partial charge on any atom is -0.352 e. The summed E-state index contributed by atoms with van der Waals surface area (Å²) in [6.45, 7) is 3.49. The topological polar surface area (TPSA) is 104 Å². The molecular formula is C29H30BrN3O5S. The Hall–Kier alpha value is -3.50. The molecule has 1 aliphatic rings. The Morgan fingerprint density at radius 3 is 2.28 bits per heavy atom. The number of carbonyl (C=O) groups excluding carboxylic acids is 3. The zero-order chi connectivity index (χ0) is 28.2. The maximum Gasteiger partial charge on any atom is 0.269 e. The van der Waals surface area contributed by atoms with Gasteiger partial charge in [0.15, 0.2) is 0 Å². The molecule has 0 aromatic heterocycles. The minimum atomic E-state index is -4.05. The number of rotatable bonds is 10. The van der Waals surface area contributed by atoms with Gasteiger partial charge in [-0.1, -0.05) is 70.5 Å². The average Bonchev–Trinajstić information content (AvgIpc) is 3.09. The van der Waals surface area contributed by atoms with Gasteiger partial charge in [0.1, 0.15) is 10.9 Å². The molecule has 0 saturated heterocycles. The standard InChI is InChI=1S/C29H30BrN3O5S/c1-20(2)31-28(35)25(18-21-9-4-3-5-10-21)32(19-22-11-8-12-23(30)17-22)27(34)15-16-33-29(36)24-13-6-7-14-26(24)39(33,37)38/h3-14,17,20,25H,15-16,18-19H2,1-2H3,(H,31,35)/t25-/m1/s1. The number of carbonyl (C=O) groups is 3. The molecule has 0 fully saturated rings. The van der Waals surface area contributed by atoms with E-state index in [-0.39, 0.29) is 48.3 Å². The lowest BCUT2D eigenvalue weighted by molar-refractivity contribution is -0.141. The number of hydrogen-bond donors (Lipinski definition) is 1. The summed E-state index contributed by atoms with van der Waals surface area (Å²) in [5.41, 5.74) is 1.76. The molecule has 39 heavy (non-hydrogen) atoms. The molecule has 1 heterocycles. The monoisotopic (exact) mass is 611 g/mol. The van der Waals surface area contributed by atoms with Crippen LogP contribution >= 0.6 is 15.9 Å². The highest BCUT2D eigenvalue weighted by Crippen LogP contribution is 2.30. The van der Waals surface area contributed by atoms with Gasteiger partial charge in [-0.3, -0.25) is 14.4 Å². The van der Waals surface area contributed by atoms with E-state index >= 15 is 0 Å². The summed E-state index contributed by atoms with van der Waals surface area (Å²) < 4.78 is 27.6. The highest BCUT2D eigenvalue weighted by Gasteiger charge is 2.41. The Balaban J connectivity index is 1.64. The van der Waals surface area contributed by atoms with Crippen LogP contribution in [0.4, 0.5) is 0 Å². The largest absolute Gasteiger partial charge is 0.352 e. The third-order valence-electron chi connectivity index (χ3n) is 6.38. The van der Waals surface area contributed by atoms with Crippen LogP contribution in [-0.4, -0.2) is 54.0 Å². The van der Waals surface area contributed by atoms with Crippen LogP contribution in [-0.2, 0) is 32.6 Å². The van der Waals surface area contributed by atoms with Crippen molar-refractivity contribution in [2.45, 2.75) is 50.2 Å². The summed E-state index contributed by atoms with van der Waals surface area (Å²) in [6.07, 6.45) is -0.00126. The number of nitrogens with zero attached hydrogens (tertiary/aromatic N) is 2. The molecule has 3 aromatic carbocycles. The second-order valence-electron chi connectivity index (χ2n) is 9.65. The van der Waals surface area contributed by atoms with Gasteiger partial charge >= 0.3 is 0 Å². The van der Waals surface area contributed by atoms with Gasteiger partial charge in [-0.15, -0.1) is 0 Å². The average molecular weight is 613 g/mol. The summed E-state index contributed by atoms with van der Waals surface area (Å²) in [5.74, 6) is -1.40. The smallest absolute Gasteiger partial charge is 0.269 e. The summed E-state index contributed by atoms with van der Waals surface area (Å²) >= 11 is 3.46. The number of hydrogen-bond acceptors (Lipinski definition) is 5. The lowest BCUT2D eigenvalue weighted by atomic mass is 10.0. The third-order valence-corrected chi connectivity index (χ3v) is 8.72. The fourth-order valence-corrected chi connectivity index (χ4v) is 6.58. The van der Waals surface area contributed by atoms with E-state index in [1.807, 2.05) is 68.4 Å². The van der Waals surface area contributed by atoms with E-state index in [2.05, 4.69) is 21.2 Å². The predicted octanol–water partition coefficient (Wildman–Crippen LogP) is 4.15. The van der Waals surface area contributed by atoms with Gasteiger partial charge in [0, 0.05) is 36.4 Å². The molecule has 3 amide bonds. The molecule has 0 radical (unpaired) electrons. The summed E-state index contributed by atoms with van der Waals surface area (Å²) in [5, 5.41) is 2.92. The van der Waals surface area contributed by atoms with Crippen LogP contribution in [0.25, 0.3) is 0 Å². The van der Waals surface area contributed by atoms with Gasteiger partial charge in [0.2, 0.25) is 11.8 Å². The number of halogens is 1. The van der Waals surface area contributed by atoms with Gasteiger partial charge < -0.3 is 10.2 Å². The first-order valence-electron chi connectivity index (χ1n) is 12.6. The van der Waals surface area contributed by atoms with E-state index in [9.17, 15) is 22.8 Å². The summed E-state index contributed by atoms with van der Waals surface area (Å²) in [4.78, 5) is 41.5. The van der Waals surface area contributed by atoms with Gasteiger partial charge in [-0.25, -0.2) is 12.7 Å². The highest BCUT2D eigenvalue weighted by molar-refractivity contribution is 9.10. The van der Waals surface area contributed by atoms with Gasteiger partial charge in [-0.2, -0.15) is 0 Å². The van der Waals surface area contributed by atoms with E-state index in [1.165, 1.54) is 17.0 Å². The zero-order valence-electron chi connectivity index (χ0n) is 21.7. The Bertz CT molecular complexity index is 1480. The second kappa shape index (κ2) is 12.1. The molecular weight excluding hydrogens is 582 g/mol. The number of nitrogens with one attached hydrogen (secondary N) is 1. The van der Waals surface area contributed by atoms with Crippen LogP contribution in [0.15, 0.2) is 88.2 Å². The van der Waals surface area contributed by atoms with Crippen molar-refractivity contribution in [2.24, 2.45) is 0 Å². The van der Waals surface area contributed by atoms with E-state index in [4.69, 9.17) is 0 Å². The Morgan fingerprint density at radius 2 is 1.62 bits per heavy atom. The molecule has 204 valence electrons. The van der Waals surface area contributed by atoms with Crippen molar-refractivity contribution in [1.82, 2.24) is 14.5 Å². The first kappa shape index (κ1) is 28.5. The lowest BCUT2D eigenvalue weighted by Crippen LogP contribution is -2.52. The summed E-state index contributed by atoms with van der Waals surface area (Å²) in [7, 11) is -4.05. The van der Waals surface area contributed by atoms with Crippen LogP contribution in [0, 0.1) is 0 Å². The van der Waals surface area contributed by atoms with E-state index in [1.54, 1.807) is 12.1 Å². The molecule has 8 nitrogen and oxygen atoms in total. The number of amides is 3. The predicted molar refractivity (Wildman–Crippen MR) is 151 cm³/mol. The summed E-state index contributed by atoms with van der Waals surface area (Å²) in [6, 6.07) is 21.8. The van der Waals surface area contributed by atoms with Crippen molar-refractivity contribution in [2.75, 3.05) is 6.54 Å². The van der Waals surface area contributed by atoms with Crippen molar-refractivity contribution >= 4 is 43.7 Å². The Labute approximate surface area is 237 Å². The second-order valence-corrected chi connectivity index (χ2v) is 12.4. The maximum absolute atomic E-state index is 13.8. The SMILES string of the molecule is CC(C)NC(=O)[C@@H](Cc1ccccc1)N(Cc1cccc(Br)c1)C(=O)CCN1C(=O)c2ccccc2S1(=O)=O. The van der Waals surface area contributed by atoms with Crippen LogP contribution < -0.4 is 5.32 Å². The quantitative estimate of drug-likeness (QED) is 0.371. The molecule has 0 bridgehead atoms. The first-order valence-corrected chi connectivity index (χ1v) is 14.9. The number of benzene rings is 3. The lowest BCUT2D eigenvalue weighted by Gasteiger charge is -2.32. The maximum atomic E-state index is 13.8. The van der Waals surface area contributed by atoms with Crippen molar-refractivity contribution in [3.05, 3.63) is 100 Å². The molecule has 0 aliphatic carbocycles. The molecule has 0 saturated carbocycles. The minimum absolute atomic E-state index is 0.0632. The van der Waals surface area contributed by atoms with Crippen molar-refractivity contribution < 1.29 is 22.8 Å². The Kier molecular flexibility index (Phi) is 8.87. The van der Waals surface area contributed by atoms with Gasteiger partial charge in [-0.05, 0) is 49.2 Å². The molecule has 0 unspecified atom stereocenters. The van der Waals surface area contributed by atoms with Crippen molar-refractivity contribution in [3.63, 3.8) is 0 Å². The van der Waals surface area contributed by atoms with Crippen LogP contribution in [0.3, 0.4) is 0 Å². The number of fused-ring (bicyclic) bond motifs is 1. The fourth-order valence-electron chi connectivity index (χ4n) is 4.56. The van der Waals surface area contributed by atoms with Crippen molar-refractivity contribution in [3.8, 4) is 0 Å². The van der Waals surface area contributed by atoms with Crippen LogP contribution in [0.2, 0.25) is 0 Å². The highest BCUT2D eigenvalue weighted by atomic mass is 79.9. The number of sulfonamides is 1. The Morgan fingerprint density at radius 1 is 0.949 bits per heavy atom.